The Morgan fingerprint density at radius 2 is 2.00 bits per heavy atom. The highest BCUT2D eigenvalue weighted by Gasteiger charge is 2.40. The average Bonchev–Trinajstić information content (AvgIpc) is 3.14. The van der Waals surface area contributed by atoms with Gasteiger partial charge >= 0.3 is 0 Å². The van der Waals surface area contributed by atoms with E-state index in [1.54, 1.807) is 12.4 Å². The number of rotatable bonds is 4. The molecule has 0 radical (unpaired) electrons. The number of nitrogens with one attached hydrogen (secondary N) is 1. The van der Waals surface area contributed by atoms with E-state index in [1.807, 2.05) is 49.1 Å². The molecule has 7 nitrogen and oxygen atoms in total. The number of anilines is 3. The number of hydrogen-bond donors (Lipinski definition) is 2. The van der Waals surface area contributed by atoms with Gasteiger partial charge < -0.3 is 20.2 Å². The lowest BCUT2D eigenvalue weighted by atomic mass is 10.1. The fourth-order valence-corrected chi connectivity index (χ4v) is 4.19. The van der Waals surface area contributed by atoms with Crippen LogP contribution < -0.4 is 15.1 Å². The molecule has 5 rings (SSSR count). The lowest BCUT2D eigenvalue weighted by molar-refractivity contribution is 0.185. The van der Waals surface area contributed by atoms with E-state index < -0.39 is 6.35 Å². The molecule has 2 aliphatic heterocycles. The Labute approximate surface area is 170 Å². The standard InChI is InChI=1S/C22H24N6O/c1-14-3-4-17(12-24-14)25-22(29)28-18-8-10-27(13-18)20-6-5-19(26-21(20)28)16-7-9-23-15(2)11-16/h3-7,9,11-12,18,22,25,29H,8,10,13H2,1-2H3/t18-,22?/m0/s1. The number of hydrogen-bond acceptors (Lipinski definition) is 7. The van der Waals surface area contributed by atoms with Gasteiger partial charge in [0.05, 0.1) is 29.3 Å². The normalized spacial score (nSPS) is 18.5. The zero-order chi connectivity index (χ0) is 20.0. The van der Waals surface area contributed by atoms with E-state index in [-0.39, 0.29) is 6.04 Å². The van der Waals surface area contributed by atoms with Crippen molar-refractivity contribution < 1.29 is 5.11 Å². The van der Waals surface area contributed by atoms with E-state index in [9.17, 15) is 5.11 Å². The average molecular weight is 388 g/mol. The number of aliphatic hydroxyl groups excluding tert-OH is 1. The first-order valence-electron chi connectivity index (χ1n) is 9.93. The summed E-state index contributed by atoms with van der Waals surface area (Å²) in [4.78, 5) is 17.9. The Morgan fingerprint density at radius 3 is 2.79 bits per heavy atom. The van der Waals surface area contributed by atoms with Crippen molar-refractivity contribution in [1.29, 1.82) is 0 Å². The third-order valence-electron chi connectivity index (χ3n) is 5.66. The first-order chi connectivity index (χ1) is 14.1. The van der Waals surface area contributed by atoms with Gasteiger partial charge in [-0.3, -0.25) is 9.97 Å². The number of pyridine rings is 3. The zero-order valence-corrected chi connectivity index (χ0v) is 16.6. The van der Waals surface area contributed by atoms with E-state index in [1.165, 1.54) is 0 Å². The summed E-state index contributed by atoms with van der Waals surface area (Å²) in [7, 11) is 0. The highest BCUT2D eigenvalue weighted by Crippen LogP contribution is 2.40. The van der Waals surface area contributed by atoms with Gasteiger partial charge in [-0.25, -0.2) is 4.98 Å². The predicted octanol–water partition coefficient (Wildman–Crippen LogP) is 2.94. The molecule has 3 aromatic rings. The monoisotopic (exact) mass is 388 g/mol. The highest BCUT2D eigenvalue weighted by atomic mass is 16.3. The molecule has 2 atom stereocenters. The molecule has 5 heterocycles. The van der Waals surface area contributed by atoms with E-state index in [4.69, 9.17) is 4.98 Å². The molecule has 0 aromatic carbocycles. The van der Waals surface area contributed by atoms with Gasteiger partial charge in [0.25, 0.3) is 0 Å². The minimum Gasteiger partial charge on any atom is -0.366 e. The summed E-state index contributed by atoms with van der Waals surface area (Å²) < 4.78 is 0. The molecule has 1 fully saturated rings. The van der Waals surface area contributed by atoms with Crippen LogP contribution >= 0.6 is 0 Å². The van der Waals surface area contributed by atoms with Crippen molar-refractivity contribution in [2.75, 3.05) is 28.2 Å². The Balaban J connectivity index is 1.51. The summed E-state index contributed by atoms with van der Waals surface area (Å²) in [5, 5.41) is 14.3. The smallest absolute Gasteiger partial charge is 0.206 e. The topological polar surface area (TPSA) is 77.4 Å². The third kappa shape index (κ3) is 3.27. The first kappa shape index (κ1) is 17.9. The maximum absolute atomic E-state index is 11.1. The van der Waals surface area contributed by atoms with Gasteiger partial charge in [-0.05, 0) is 56.7 Å². The number of nitrogens with zero attached hydrogens (tertiary/aromatic N) is 5. The summed E-state index contributed by atoms with van der Waals surface area (Å²) in [6.07, 6.45) is 3.65. The molecular formula is C22H24N6O. The van der Waals surface area contributed by atoms with Gasteiger partial charge in [0, 0.05) is 36.2 Å². The van der Waals surface area contributed by atoms with Crippen molar-refractivity contribution in [3.63, 3.8) is 0 Å². The van der Waals surface area contributed by atoms with Crippen LogP contribution in [0.4, 0.5) is 17.2 Å². The van der Waals surface area contributed by atoms with Crippen molar-refractivity contribution in [1.82, 2.24) is 15.0 Å². The van der Waals surface area contributed by atoms with Crippen molar-refractivity contribution >= 4 is 17.2 Å². The molecule has 2 aliphatic rings. The van der Waals surface area contributed by atoms with Crippen molar-refractivity contribution in [2.45, 2.75) is 32.7 Å². The molecule has 2 bridgehead atoms. The zero-order valence-electron chi connectivity index (χ0n) is 16.6. The van der Waals surface area contributed by atoms with E-state index in [0.29, 0.717) is 0 Å². The molecule has 1 saturated heterocycles. The second kappa shape index (κ2) is 7.00. The van der Waals surface area contributed by atoms with Gasteiger partial charge in [-0.1, -0.05) is 0 Å². The molecular weight excluding hydrogens is 364 g/mol. The fraction of sp³-hybridized carbons (Fsp3) is 0.318. The maximum atomic E-state index is 11.1. The third-order valence-corrected chi connectivity index (χ3v) is 5.66. The maximum Gasteiger partial charge on any atom is 0.206 e. The Bertz CT molecular complexity index is 1040. The van der Waals surface area contributed by atoms with Crippen LogP contribution in [-0.2, 0) is 0 Å². The molecule has 1 unspecified atom stereocenters. The van der Waals surface area contributed by atoms with Gasteiger partial charge in [-0.2, -0.15) is 0 Å². The highest BCUT2D eigenvalue weighted by molar-refractivity contribution is 5.76. The van der Waals surface area contributed by atoms with Crippen LogP contribution in [0.3, 0.4) is 0 Å². The Kier molecular flexibility index (Phi) is 4.32. The summed E-state index contributed by atoms with van der Waals surface area (Å²) >= 11 is 0. The van der Waals surface area contributed by atoms with Gasteiger partial charge in [0.1, 0.15) is 0 Å². The Morgan fingerprint density at radius 1 is 1.10 bits per heavy atom. The lowest BCUT2D eigenvalue weighted by Crippen LogP contribution is -2.51. The minimum absolute atomic E-state index is 0.213. The number of aryl methyl sites for hydroxylation is 2. The summed E-state index contributed by atoms with van der Waals surface area (Å²) in [5.41, 5.74) is 5.65. The molecule has 148 valence electrons. The molecule has 0 amide bonds. The van der Waals surface area contributed by atoms with Crippen molar-refractivity contribution in [2.24, 2.45) is 0 Å². The molecule has 3 aromatic heterocycles. The molecule has 7 heteroatoms. The second-order valence-corrected chi connectivity index (χ2v) is 7.73. The van der Waals surface area contributed by atoms with Crippen LogP contribution in [-0.4, -0.2) is 45.5 Å². The lowest BCUT2D eigenvalue weighted by Gasteiger charge is -2.40. The summed E-state index contributed by atoms with van der Waals surface area (Å²) in [6.45, 7) is 5.79. The van der Waals surface area contributed by atoms with Crippen LogP contribution in [0.5, 0.6) is 0 Å². The molecule has 2 N–H and O–H groups in total. The van der Waals surface area contributed by atoms with E-state index in [2.05, 4.69) is 26.3 Å². The molecule has 0 saturated carbocycles. The number of fused-ring (bicyclic) bond motifs is 4. The van der Waals surface area contributed by atoms with Crippen LogP contribution in [0.15, 0.2) is 48.8 Å². The van der Waals surface area contributed by atoms with Crippen molar-refractivity contribution in [3.05, 3.63) is 60.2 Å². The van der Waals surface area contributed by atoms with Crippen molar-refractivity contribution in [3.8, 4) is 11.3 Å². The molecule has 0 aliphatic carbocycles. The Hall–Kier alpha value is -3.19. The summed E-state index contributed by atoms with van der Waals surface area (Å²) in [6, 6.07) is 12.2. The van der Waals surface area contributed by atoms with Gasteiger partial charge in [0.15, 0.2) is 5.82 Å². The van der Waals surface area contributed by atoms with Crippen LogP contribution in [0, 0.1) is 13.8 Å². The fourth-order valence-electron chi connectivity index (χ4n) is 4.19. The number of aliphatic hydroxyl groups is 1. The SMILES string of the molecule is Cc1ccc(NC(O)N2c3nc(-c4ccnc(C)c4)ccc3N3CC[C@H]2C3)cn1. The largest absolute Gasteiger partial charge is 0.366 e. The van der Waals surface area contributed by atoms with Crippen LogP contribution in [0.1, 0.15) is 17.8 Å². The van der Waals surface area contributed by atoms with E-state index >= 15 is 0 Å². The quantitative estimate of drug-likeness (QED) is 0.666. The second-order valence-electron chi connectivity index (χ2n) is 7.73. The van der Waals surface area contributed by atoms with Crippen LogP contribution in [0.25, 0.3) is 11.3 Å². The van der Waals surface area contributed by atoms with Gasteiger partial charge in [-0.15, -0.1) is 0 Å². The predicted molar refractivity (Wildman–Crippen MR) is 114 cm³/mol. The minimum atomic E-state index is -0.884. The van der Waals surface area contributed by atoms with Crippen LogP contribution in [0.2, 0.25) is 0 Å². The van der Waals surface area contributed by atoms with Gasteiger partial charge in [0.2, 0.25) is 6.35 Å². The van der Waals surface area contributed by atoms with E-state index in [0.717, 1.165) is 59.3 Å². The molecule has 29 heavy (non-hydrogen) atoms. The number of aromatic nitrogens is 3. The first-order valence-corrected chi connectivity index (χ1v) is 9.93. The molecule has 0 spiro atoms. The summed E-state index contributed by atoms with van der Waals surface area (Å²) in [5.74, 6) is 0.811.